The van der Waals surface area contributed by atoms with Gasteiger partial charge in [-0.15, -0.1) is 10.2 Å². The number of hydrogen-bond acceptors (Lipinski definition) is 7. The van der Waals surface area contributed by atoms with E-state index in [1.807, 2.05) is 43.3 Å². The second kappa shape index (κ2) is 9.30. The minimum atomic E-state index is -0.468. The summed E-state index contributed by atoms with van der Waals surface area (Å²) in [5.74, 6) is 1.38. The van der Waals surface area contributed by atoms with Crippen LogP contribution in [-0.2, 0) is 11.3 Å². The smallest absolute Gasteiger partial charge is 0.267 e. The largest absolute Gasteiger partial charge is 0.495 e. The van der Waals surface area contributed by atoms with E-state index in [9.17, 15) is 9.59 Å². The van der Waals surface area contributed by atoms with E-state index in [0.717, 1.165) is 5.56 Å². The zero-order valence-corrected chi connectivity index (χ0v) is 20.2. The van der Waals surface area contributed by atoms with Gasteiger partial charge >= 0.3 is 0 Å². The molecule has 3 aromatic heterocycles. The number of aromatic nitrogens is 4. The van der Waals surface area contributed by atoms with Crippen LogP contribution in [0.4, 0.5) is 0 Å². The zero-order chi connectivity index (χ0) is 24.5. The van der Waals surface area contributed by atoms with E-state index >= 15 is 0 Å². The number of thioether (sulfide) groups is 1. The van der Waals surface area contributed by atoms with Crippen molar-refractivity contribution in [1.29, 1.82) is 0 Å². The monoisotopic (exact) mass is 489 g/mol. The normalized spacial score (nSPS) is 12.2. The number of aryl methyl sites for hydroxylation is 1. The number of carbonyl (C=O) groups excluding carboxylic acids is 1. The lowest BCUT2D eigenvalue weighted by Gasteiger charge is -2.15. The Bertz CT molecular complexity index is 1590. The van der Waals surface area contributed by atoms with Crippen molar-refractivity contribution >= 4 is 34.3 Å². The molecule has 0 aliphatic heterocycles. The number of carbonyl (C=O) groups is 1. The summed E-state index contributed by atoms with van der Waals surface area (Å²) >= 11 is 1.26. The molecule has 3 heterocycles. The van der Waals surface area contributed by atoms with Gasteiger partial charge in [0.1, 0.15) is 11.5 Å². The van der Waals surface area contributed by atoms with Crippen LogP contribution in [0.1, 0.15) is 18.2 Å². The molecule has 0 aliphatic carbocycles. The predicted molar refractivity (Wildman–Crippen MR) is 133 cm³/mol. The van der Waals surface area contributed by atoms with Crippen molar-refractivity contribution < 1.29 is 13.9 Å². The van der Waals surface area contributed by atoms with Crippen LogP contribution >= 0.6 is 11.8 Å². The highest BCUT2D eigenvalue weighted by molar-refractivity contribution is 8.00. The highest BCUT2D eigenvalue weighted by Gasteiger charge is 2.23. The van der Waals surface area contributed by atoms with Crippen LogP contribution in [0.3, 0.4) is 0 Å². The van der Waals surface area contributed by atoms with Gasteiger partial charge in [0, 0.05) is 0 Å². The fourth-order valence-electron chi connectivity index (χ4n) is 3.89. The number of nitrogens with one attached hydrogen (secondary N) is 1. The summed E-state index contributed by atoms with van der Waals surface area (Å²) in [5.41, 5.74) is 1.97. The average molecular weight is 490 g/mol. The molecule has 0 aliphatic rings. The highest BCUT2D eigenvalue weighted by atomic mass is 32.2. The Morgan fingerprint density at radius 2 is 2.00 bits per heavy atom. The third-order valence-electron chi connectivity index (χ3n) is 5.64. The standard InChI is InChI=1S/C25H23N5O4S/c1-15-10-11-21(33-3)20(13-15)29-23(32)18-8-4-5-9-19(18)30-24(29)27-28-25(30)35-16(2)22(31)26-14-17-7-6-12-34-17/h4-13,16H,14H2,1-3H3,(H,26,31). The van der Waals surface area contributed by atoms with Gasteiger partial charge in [0.15, 0.2) is 5.16 Å². The lowest BCUT2D eigenvalue weighted by molar-refractivity contribution is -0.120. The number of rotatable bonds is 7. The first-order valence-corrected chi connectivity index (χ1v) is 11.9. The van der Waals surface area contributed by atoms with Crippen LogP contribution in [0.2, 0.25) is 0 Å². The minimum Gasteiger partial charge on any atom is -0.495 e. The Balaban J connectivity index is 1.61. The van der Waals surface area contributed by atoms with E-state index in [4.69, 9.17) is 9.15 Å². The second-order valence-corrected chi connectivity index (χ2v) is 9.32. The van der Waals surface area contributed by atoms with Crippen molar-refractivity contribution in [3.63, 3.8) is 0 Å². The number of para-hydroxylation sites is 1. The highest BCUT2D eigenvalue weighted by Crippen LogP contribution is 2.29. The quantitative estimate of drug-likeness (QED) is 0.347. The zero-order valence-electron chi connectivity index (χ0n) is 19.4. The predicted octanol–water partition coefficient (Wildman–Crippen LogP) is 3.74. The summed E-state index contributed by atoms with van der Waals surface area (Å²) in [4.78, 5) is 26.3. The van der Waals surface area contributed by atoms with E-state index < -0.39 is 5.25 Å². The first-order chi connectivity index (χ1) is 17.0. The molecule has 1 N–H and O–H groups in total. The first kappa shape index (κ1) is 22.7. The lowest BCUT2D eigenvalue weighted by atomic mass is 10.2. The lowest BCUT2D eigenvalue weighted by Crippen LogP contribution is -2.30. The van der Waals surface area contributed by atoms with Gasteiger partial charge in [-0.2, -0.15) is 0 Å². The molecule has 0 saturated heterocycles. The van der Waals surface area contributed by atoms with Crippen LogP contribution in [0.5, 0.6) is 5.75 Å². The van der Waals surface area contributed by atoms with E-state index in [0.29, 0.717) is 45.6 Å². The van der Waals surface area contributed by atoms with Crippen LogP contribution in [-0.4, -0.2) is 37.4 Å². The molecule has 0 saturated carbocycles. The van der Waals surface area contributed by atoms with Crippen molar-refractivity contribution in [2.75, 3.05) is 7.11 Å². The molecule has 5 rings (SSSR count). The third-order valence-corrected chi connectivity index (χ3v) is 6.68. The van der Waals surface area contributed by atoms with Gasteiger partial charge < -0.3 is 14.5 Å². The van der Waals surface area contributed by atoms with Gasteiger partial charge in [0.05, 0.1) is 41.8 Å². The molecule has 0 fully saturated rings. The summed E-state index contributed by atoms with van der Waals surface area (Å²) in [6.07, 6.45) is 1.57. The number of amides is 1. The molecule has 5 aromatic rings. The van der Waals surface area contributed by atoms with E-state index in [2.05, 4.69) is 15.5 Å². The molecule has 10 heteroatoms. The molecule has 9 nitrogen and oxygen atoms in total. The number of hydrogen-bond donors (Lipinski definition) is 1. The van der Waals surface area contributed by atoms with Gasteiger partial charge in [0.25, 0.3) is 5.56 Å². The number of nitrogens with zero attached hydrogens (tertiary/aromatic N) is 4. The summed E-state index contributed by atoms with van der Waals surface area (Å²) < 4.78 is 14.1. The molecule has 0 bridgehead atoms. The Morgan fingerprint density at radius 1 is 1.17 bits per heavy atom. The summed E-state index contributed by atoms with van der Waals surface area (Å²) in [6.45, 7) is 4.04. The molecule has 1 unspecified atom stereocenters. The van der Waals surface area contributed by atoms with Gasteiger partial charge in [-0.1, -0.05) is 30.0 Å². The van der Waals surface area contributed by atoms with Crippen molar-refractivity contribution in [2.45, 2.75) is 30.8 Å². The number of ether oxygens (including phenoxy) is 1. The number of benzene rings is 2. The summed E-state index contributed by atoms with van der Waals surface area (Å²) in [7, 11) is 1.56. The van der Waals surface area contributed by atoms with Gasteiger partial charge in [-0.25, -0.2) is 4.57 Å². The van der Waals surface area contributed by atoms with E-state index in [1.54, 1.807) is 42.9 Å². The van der Waals surface area contributed by atoms with Crippen molar-refractivity contribution in [3.05, 3.63) is 82.5 Å². The topological polar surface area (TPSA) is 104 Å². The molecule has 0 spiro atoms. The van der Waals surface area contributed by atoms with Gasteiger partial charge in [-0.05, 0) is 55.8 Å². The molecular formula is C25H23N5O4S. The van der Waals surface area contributed by atoms with Gasteiger partial charge in [0.2, 0.25) is 11.7 Å². The molecular weight excluding hydrogens is 466 g/mol. The number of methoxy groups -OCH3 is 1. The van der Waals surface area contributed by atoms with Crippen molar-refractivity contribution in [2.24, 2.45) is 0 Å². The van der Waals surface area contributed by atoms with E-state index in [-0.39, 0.29) is 11.5 Å². The molecule has 2 aromatic carbocycles. The van der Waals surface area contributed by atoms with Crippen LogP contribution in [0, 0.1) is 6.92 Å². The maximum atomic E-state index is 13.6. The third kappa shape index (κ3) is 4.17. The van der Waals surface area contributed by atoms with Crippen molar-refractivity contribution in [3.8, 4) is 11.4 Å². The summed E-state index contributed by atoms with van der Waals surface area (Å²) in [6, 6.07) is 16.5. The van der Waals surface area contributed by atoms with Crippen LogP contribution in [0.15, 0.2) is 75.2 Å². The Hall–Kier alpha value is -4.05. The van der Waals surface area contributed by atoms with Gasteiger partial charge in [-0.3, -0.25) is 14.0 Å². The summed E-state index contributed by atoms with van der Waals surface area (Å²) in [5, 5.41) is 12.1. The van der Waals surface area contributed by atoms with E-state index in [1.165, 1.54) is 16.3 Å². The molecule has 1 amide bonds. The fourth-order valence-corrected chi connectivity index (χ4v) is 4.77. The molecule has 0 radical (unpaired) electrons. The average Bonchev–Trinajstić information content (AvgIpc) is 3.53. The molecule has 35 heavy (non-hydrogen) atoms. The Morgan fingerprint density at radius 3 is 2.77 bits per heavy atom. The number of furan rings is 1. The first-order valence-electron chi connectivity index (χ1n) is 11.0. The Kier molecular flexibility index (Phi) is 6.04. The van der Waals surface area contributed by atoms with Crippen LogP contribution < -0.4 is 15.6 Å². The molecule has 178 valence electrons. The maximum Gasteiger partial charge on any atom is 0.267 e. The SMILES string of the molecule is COc1ccc(C)cc1-n1c(=O)c2ccccc2n2c(SC(C)C(=O)NCc3ccco3)nnc12. The second-order valence-electron chi connectivity index (χ2n) is 8.01. The maximum absolute atomic E-state index is 13.6. The Labute approximate surface area is 204 Å². The fraction of sp³-hybridized carbons (Fsp3) is 0.200. The minimum absolute atomic E-state index is 0.166. The van der Waals surface area contributed by atoms with Crippen LogP contribution in [0.25, 0.3) is 22.4 Å². The molecule has 1 atom stereocenters. The number of fused-ring (bicyclic) bond motifs is 3. The van der Waals surface area contributed by atoms with Crippen molar-refractivity contribution in [1.82, 2.24) is 24.5 Å².